The molecular weight excluding hydrogens is 243 g/mol. The molecule has 0 spiro atoms. The van der Waals surface area contributed by atoms with Crippen LogP contribution in [0.4, 0.5) is 4.39 Å². The average Bonchev–Trinajstić information content (AvgIpc) is 2.46. The minimum atomic E-state index is -0.691. The summed E-state index contributed by atoms with van der Waals surface area (Å²) in [5.41, 5.74) is 1.04. The summed E-state index contributed by atoms with van der Waals surface area (Å²) in [7, 11) is 0. The van der Waals surface area contributed by atoms with E-state index in [2.05, 4.69) is 10.3 Å². The van der Waals surface area contributed by atoms with Crippen LogP contribution in [0.25, 0.3) is 0 Å². The van der Waals surface area contributed by atoms with E-state index in [9.17, 15) is 9.50 Å². The number of aliphatic hydroxyl groups is 1. The molecule has 1 unspecified atom stereocenters. The predicted molar refractivity (Wildman–Crippen MR) is 71.9 cm³/mol. The second-order valence-corrected chi connectivity index (χ2v) is 4.69. The zero-order chi connectivity index (χ0) is 13.7. The monoisotopic (exact) mass is 260 g/mol. The molecule has 2 rings (SSSR count). The molecule has 0 bridgehead atoms. The molecule has 0 aliphatic carbocycles. The van der Waals surface area contributed by atoms with Crippen LogP contribution in [0.1, 0.15) is 18.2 Å². The fraction of sp³-hybridized carbons (Fsp3) is 0.267. The number of benzene rings is 1. The van der Waals surface area contributed by atoms with E-state index in [1.54, 1.807) is 6.07 Å². The van der Waals surface area contributed by atoms with Gasteiger partial charge in [-0.15, -0.1) is 0 Å². The van der Waals surface area contributed by atoms with Gasteiger partial charge in [-0.25, -0.2) is 4.39 Å². The van der Waals surface area contributed by atoms with Crippen LogP contribution >= 0.6 is 0 Å². The minimum Gasteiger partial charge on any atom is -0.394 e. The molecule has 0 aliphatic heterocycles. The standard InChI is InChI=1S/C15H17FN2O/c1-15(11-19,14-8-7-13(16)10-17-14)18-9-12-5-3-2-4-6-12/h2-8,10,18-19H,9,11H2,1H3. The van der Waals surface area contributed by atoms with Crippen molar-refractivity contribution in [1.29, 1.82) is 0 Å². The molecule has 3 nitrogen and oxygen atoms in total. The van der Waals surface area contributed by atoms with Gasteiger partial charge in [-0.05, 0) is 24.6 Å². The highest BCUT2D eigenvalue weighted by Gasteiger charge is 2.26. The van der Waals surface area contributed by atoms with E-state index in [1.165, 1.54) is 6.07 Å². The minimum absolute atomic E-state index is 0.113. The average molecular weight is 260 g/mol. The van der Waals surface area contributed by atoms with Crippen molar-refractivity contribution in [3.8, 4) is 0 Å². The van der Waals surface area contributed by atoms with Gasteiger partial charge in [-0.1, -0.05) is 30.3 Å². The summed E-state index contributed by atoms with van der Waals surface area (Å²) in [6.45, 7) is 2.34. The van der Waals surface area contributed by atoms with E-state index in [1.807, 2.05) is 37.3 Å². The fourth-order valence-electron chi connectivity index (χ4n) is 1.82. The number of nitrogens with one attached hydrogen (secondary N) is 1. The second kappa shape index (κ2) is 5.91. The lowest BCUT2D eigenvalue weighted by atomic mass is 9.97. The zero-order valence-electron chi connectivity index (χ0n) is 10.8. The van der Waals surface area contributed by atoms with Crippen LogP contribution in [0, 0.1) is 5.82 Å². The van der Waals surface area contributed by atoms with Crippen molar-refractivity contribution in [2.75, 3.05) is 6.61 Å². The fourth-order valence-corrected chi connectivity index (χ4v) is 1.82. The summed E-state index contributed by atoms with van der Waals surface area (Å²) in [5.74, 6) is -0.382. The first-order chi connectivity index (χ1) is 9.14. The maximum atomic E-state index is 12.9. The highest BCUT2D eigenvalue weighted by Crippen LogP contribution is 2.18. The van der Waals surface area contributed by atoms with Gasteiger partial charge in [-0.2, -0.15) is 0 Å². The van der Waals surface area contributed by atoms with Gasteiger partial charge in [0.25, 0.3) is 0 Å². The number of pyridine rings is 1. The molecule has 0 saturated carbocycles. The summed E-state index contributed by atoms with van der Waals surface area (Å²) in [6.07, 6.45) is 1.16. The number of aromatic nitrogens is 1. The van der Waals surface area contributed by atoms with Crippen LogP contribution in [0.15, 0.2) is 48.7 Å². The van der Waals surface area contributed by atoms with Crippen molar-refractivity contribution >= 4 is 0 Å². The van der Waals surface area contributed by atoms with Gasteiger partial charge in [0, 0.05) is 6.54 Å². The molecule has 2 aromatic rings. The van der Waals surface area contributed by atoms with E-state index in [-0.39, 0.29) is 12.4 Å². The first kappa shape index (κ1) is 13.6. The Hall–Kier alpha value is -1.78. The quantitative estimate of drug-likeness (QED) is 0.866. The Morgan fingerprint density at radius 3 is 2.53 bits per heavy atom. The van der Waals surface area contributed by atoms with Gasteiger partial charge in [0.05, 0.1) is 24.0 Å². The van der Waals surface area contributed by atoms with E-state index >= 15 is 0 Å². The molecular formula is C15H17FN2O. The number of aliphatic hydroxyl groups excluding tert-OH is 1. The van der Waals surface area contributed by atoms with Gasteiger partial charge < -0.3 is 10.4 Å². The van der Waals surface area contributed by atoms with Crippen molar-refractivity contribution in [2.45, 2.75) is 19.0 Å². The van der Waals surface area contributed by atoms with Crippen molar-refractivity contribution in [2.24, 2.45) is 0 Å². The Labute approximate surface area is 112 Å². The van der Waals surface area contributed by atoms with Gasteiger partial charge >= 0.3 is 0 Å². The topological polar surface area (TPSA) is 45.1 Å². The maximum Gasteiger partial charge on any atom is 0.141 e. The number of hydrogen-bond donors (Lipinski definition) is 2. The molecule has 4 heteroatoms. The molecule has 2 N–H and O–H groups in total. The summed E-state index contributed by atoms with van der Waals surface area (Å²) in [5, 5.41) is 12.9. The Bertz CT molecular complexity index is 515. The Morgan fingerprint density at radius 2 is 1.95 bits per heavy atom. The van der Waals surface area contributed by atoms with Gasteiger partial charge in [-0.3, -0.25) is 4.98 Å². The molecule has 0 aliphatic rings. The first-order valence-electron chi connectivity index (χ1n) is 6.16. The summed E-state index contributed by atoms with van der Waals surface area (Å²) in [6, 6.07) is 12.8. The molecule has 1 aromatic heterocycles. The molecule has 1 aromatic carbocycles. The summed E-state index contributed by atoms with van der Waals surface area (Å²) < 4.78 is 12.9. The summed E-state index contributed by atoms with van der Waals surface area (Å²) in [4.78, 5) is 4.04. The molecule has 0 radical (unpaired) electrons. The largest absolute Gasteiger partial charge is 0.394 e. The molecule has 100 valence electrons. The van der Waals surface area contributed by atoms with Crippen molar-refractivity contribution in [1.82, 2.24) is 10.3 Å². The van der Waals surface area contributed by atoms with Crippen LogP contribution in [0.5, 0.6) is 0 Å². The van der Waals surface area contributed by atoms with Crippen LogP contribution in [0.3, 0.4) is 0 Å². The van der Waals surface area contributed by atoms with Gasteiger partial charge in [0.1, 0.15) is 5.82 Å². The molecule has 0 amide bonds. The first-order valence-corrected chi connectivity index (χ1v) is 6.16. The van der Waals surface area contributed by atoms with Gasteiger partial charge in [0.15, 0.2) is 0 Å². The summed E-state index contributed by atoms with van der Waals surface area (Å²) >= 11 is 0. The number of hydrogen-bond acceptors (Lipinski definition) is 3. The maximum absolute atomic E-state index is 12.9. The third-order valence-corrected chi connectivity index (χ3v) is 3.13. The molecule has 19 heavy (non-hydrogen) atoms. The molecule has 1 atom stereocenters. The van der Waals surface area contributed by atoms with Crippen LogP contribution in [-0.2, 0) is 12.1 Å². The molecule has 0 fully saturated rings. The lowest BCUT2D eigenvalue weighted by Crippen LogP contribution is -2.43. The van der Waals surface area contributed by atoms with Crippen LogP contribution in [0.2, 0.25) is 0 Å². The Kier molecular flexibility index (Phi) is 4.24. The predicted octanol–water partition coefficient (Wildman–Crippen LogP) is 2.22. The number of rotatable bonds is 5. The second-order valence-electron chi connectivity index (χ2n) is 4.69. The highest BCUT2D eigenvalue weighted by molar-refractivity contribution is 5.18. The lowest BCUT2D eigenvalue weighted by Gasteiger charge is -2.28. The molecule has 0 saturated heterocycles. The third kappa shape index (κ3) is 3.36. The Morgan fingerprint density at radius 1 is 1.21 bits per heavy atom. The van der Waals surface area contributed by atoms with E-state index in [4.69, 9.17) is 0 Å². The number of nitrogens with zero attached hydrogens (tertiary/aromatic N) is 1. The third-order valence-electron chi connectivity index (χ3n) is 3.13. The van der Waals surface area contributed by atoms with Crippen molar-refractivity contribution in [3.05, 3.63) is 65.7 Å². The Balaban J connectivity index is 2.12. The SMILES string of the molecule is CC(CO)(NCc1ccccc1)c1ccc(F)cn1. The van der Waals surface area contributed by atoms with Crippen molar-refractivity contribution in [3.63, 3.8) is 0 Å². The zero-order valence-corrected chi connectivity index (χ0v) is 10.8. The lowest BCUT2D eigenvalue weighted by molar-refractivity contribution is 0.169. The normalized spacial score (nSPS) is 14.1. The smallest absolute Gasteiger partial charge is 0.141 e. The van der Waals surface area contributed by atoms with E-state index in [0.717, 1.165) is 11.8 Å². The van der Waals surface area contributed by atoms with Crippen molar-refractivity contribution < 1.29 is 9.50 Å². The van der Waals surface area contributed by atoms with Crippen LogP contribution < -0.4 is 5.32 Å². The van der Waals surface area contributed by atoms with E-state index < -0.39 is 5.54 Å². The number of halogens is 1. The molecule has 1 heterocycles. The van der Waals surface area contributed by atoms with E-state index in [0.29, 0.717) is 12.2 Å². The van der Waals surface area contributed by atoms with Gasteiger partial charge in [0.2, 0.25) is 0 Å². The highest BCUT2D eigenvalue weighted by atomic mass is 19.1. The van der Waals surface area contributed by atoms with Crippen LogP contribution in [-0.4, -0.2) is 16.7 Å².